The van der Waals surface area contributed by atoms with E-state index in [9.17, 15) is 4.79 Å². The van der Waals surface area contributed by atoms with E-state index in [4.69, 9.17) is 10.5 Å². The van der Waals surface area contributed by atoms with Crippen LogP contribution < -0.4 is 5.73 Å². The summed E-state index contributed by atoms with van der Waals surface area (Å²) >= 11 is 0. The van der Waals surface area contributed by atoms with Crippen molar-refractivity contribution in [3.63, 3.8) is 0 Å². The summed E-state index contributed by atoms with van der Waals surface area (Å²) in [6.07, 6.45) is 0.594. The van der Waals surface area contributed by atoms with Gasteiger partial charge in [0.25, 0.3) is 0 Å². The third-order valence-electron chi connectivity index (χ3n) is 1.38. The topological polar surface area (TPSA) is 52.3 Å². The van der Waals surface area contributed by atoms with Crippen molar-refractivity contribution in [1.29, 1.82) is 0 Å². The number of carbonyl (C=O) groups is 1. The molecule has 0 amide bonds. The molecule has 11 heavy (non-hydrogen) atoms. The summed E-state index contributed by atoms with van der Waals surface area (Å²) in [6.45, 7) is 7.67. The Labute approximate surface area is 67.9 Å². The molecule has 0 saturated carbocycles. The van der Waals surface area contributed by atoms with Gasteiger partial charge in [0.05, 0.1) is 6.61 Å². The standard InChI is InChI=1S/C8H16NO2/c1-4-5-11-8(10)7(9)6(2)3/h6-7H,1,4-5,9H2,2-3H3/t7-/m0/s1. The zero-order valence-corrected chi connectivity index (χ0v) is 7.17. The van der Waals surface area contributed by atoms with Gasteiger partial charge in [-0.25, -0.2) is 0 Å². The summed E-state index contributed by atoms with van der Waals surface area (Å²) in [6, 6.07) is -0.499. The lowest BCUT2D eigenvalue weighted by Crippen LogP contribution is -2.37. The van der Waals surface area contributed by atoms with Crippen LogP contribution in [-0.2, 0) is 9.53 Å². The van der Waals surface area contributed by atoms with Crippen LogP contribution in [0.3, 0.4) is 0 Å². The zero-order chi connectivity index (χ0) is 8.85. The average molecular weight is 158 g/mol. The molecule has 0 aromatic heterocycles. The monoisotopic (exact) mass is 158 g/mol. The van der Waals surface area contributed by atoms with Gasteiger partial charge in [0, 0.05) is 0 Å². The summed E-state index contributed by atoms with van der Waals surface area (Å²) < 4.78 is 4.79. The smallest absolute Gasteiger partial charge is 0.323 e. The van der Waals surface area contributed by atoms with E-state index >= 15 is 0 Å². The first-order valence-corrected chi connectivity index (χ1v) is 3.81. The third-order valence-corrected chi connectivity index (χ3v) is 1.38. The first-order valence-electron chi connectivity index (χ1n) is 3.81. The summed E-state index contributed by atoms with van der Waals surface area (Å²) in [5, 5.41) is 0. The highest BCUT2D eigenvalue weighted by atomic mass is 16.5. The van der Waals surface area contributed by atoms with Crippen molar-refractivity contribution in [2.75, 3.05) is 6.61 Å². The van der Waals surface area contributed by atoms with E-state index in [-0.39, 0.29) is 11.9 Å². The molecule has 65 valence electrons. The van der Waals surface area contributed by atoms with Gasteiger partial charge in [-0.15, -0.1) is 0 Å². The first kappa shape index (κ1) is 10.4. The van der Waals surface area contributed by atoms with Crippen molar-refractivity contribution in [1.82, 2.24) is 0 Å². The van der Waals surface area contributed by atoms with Crippen LogP contribution in [0, 0.1) is 12.8 Å². The van der Waals surface area contributed by atoms with Gasteiger partial charge in [-0.05, 0) is 19.3 Å². The number of esters is 1. The van der Waals surface area contributed by atoms with Crippen molar-refractivity contribution in [2.24, 2.45) is 11.7 Å². The number of rotatable bonds is 4. The molecule has 0 spiro atoms. The molecule has 0 aromatic carbocycles. The van der Waals surface area contributed by atoms with Gasteiger partial charge in [0.2, 0.25) is 0 Å². The molecule has 0 aliphatic carbocycles. The number of hydrogen-bond donors (Lipinski definition) is 1. The summed E-state index contributed by atoms with van der Waals surface area (Å²) in [5.74, 6) is -0.198. The second-order valence-electron chi connectivity index (χ2n) is 2.79. The number of carbonyl (C=O) groups excluding carboxylic acids is 1. The van der Waals surface area contributed by atoms with Gasteiger partial charge in [0.1, 0.15) is 6.04 Å². The summed E-state index contributed by atoms with van der Waals surface area (Å²) in [4.78, 5) is 11.0. The summed E-state index contributed by atoms with van der Waals surface area (Å²) in [7, 11) is 0. The van der Waals surface area contributed by atoms with Gasteiger partial charge >= 0.3 is 5.97 Å². The lowest BCUT2D eigenvalue weighted by Gasteiger charge is -2.13. The van der Waals surface area contributed by atoms with Crippen molar-refractivity contribution in [3.8, 4) is 0 Å². The molecule has 0 heterocycles. The molecule has 0 saturated heterocycles. The van der Waals surface area contributed by atoms with Crippen LogP contribution in [0.5, 0.6) is 0 Å². The first-order chi connectivity index (χ1) is 5.09. The Morgan fingerprint density at radius 2 is 2.18 bits per heavy atom. The minimum atomic E-state index is -0.499. The second-order valence-corrected chi connectivity index (χ2v) is 2.79. The molecule has 2 N–H and O–H groups in total. The molecule has 1 atom stereocenters. The summed E-state index contributed by atoms with van der Waals surface area (Å²) in [5.41, 5.74) is 5.51. The molecule has 0 aliphatic heterocycles. The third kappa shape index (κ3) is 3.98. The Morgan fingerprint density at radius 1 is 1.64 bits per heavy atom. The minimum absolute atomic E-state index is 0.132. The van der Waals surface area contributed by atoms with Crippen LogP contribution in [0.15, 0.2) is 0 Å². The molecule has 0 rings (SSSR count). The fourth-order valence-corrected chi connectivity index (χ4v) is 0.541. The minimum Gasteiger partial charge on any atom is -0.465 e. The normalized spacial score (nSPS) is 13.2. The maximum absolute atomic E-state index is 11.0. The molecule has 0 fully saturated rings. The lowest BCUT2D eigenvalue weighted by molar-refractivity contribution is -0.146. The van der Waals surface area contributed by atoms with E-state index in [1.54, 1.807) is 0 Å². The van der Waals surface area contributed by atoms with Gasteiger partial charge in [-0.1, -0.05) is 13.8 Å². The van der Waals surface area contributed by atoms with E-state index in [1.165, 1.54) is 0 Å². The lowest BCUT2D eigenvalue weighted by atomic mass is 10.1. The predicted molar refractivity (Wildman–Crippen MR) is 43.7 cm³/mol. The molecular formula is C8H16NO2. The van der Waals surface area contributed by atoms with E-state index in [0.29, 0.717) is 13.0 Å². The highest BCUT2D eigenvalue weighted by Gasteiger charge is 2.17. The molecule has 0 aliphatic rings. The largest absolute Gasteiger partial charge is 0.465 e. The molecule has 1 radical (unpaired) electrons. The molecule has 0 bridgehead atoms. The average Bonchev–Trinajstić information content (AvgIpc) is 1.98. The quantitative estimate of drug-likeness (QED) is 0.614. The van der Waals surface area contributed by atoms with Gasteiger partial charge in [-0.2, -0.15) is 0 Å². The molecule has 3 heteroatoms. The molecule has 3 nitrogen and oxygen atoms in total. The Kier molecular flexibility index (Phi) is 4.86. The Balaban J connectivity index is 3.64. The molecular weight excluding hydrogens is 142 g/mol. The number of nitrogens with two attached hydrogens (primary N) is 1. The van der Waals surface area contributed by atoms with Crippen LogP contribution in [0.1, 0.15) is 20.3 Å². The zero-order valence-electron chi connectivity index (χ0n) is 7.17. The van der Waals surface area contributed by atoms with Crippen LogP contribution in [0.25, 0.3) is 0 Å². The highest BCUT2D eigenvalue weighted by Crippen LogP contribution is 2.00. The second kappa shape index (κ2) is 5.13. The van der Waals surface area contributed by atoms with Crippen molar-refractivity contribution < 1.29 is 9.53 Å². The van der Waals surface area contributed by atoms with E-state index in [1.807, 2.05) is 13.8 Å². The Hall–Kier alpha value is -0.570. The van der Waals surface area contributed by atoms with Gasteiger partial charge < -0.3 is 10.5 Å². The maximum atomic E-state index is 11.0. The Morgan fingerprint density at radius 3 is 2.55 bits per heavy atom. The van der Waals surface area contributed by atoms with Gasteiger partial charge in [-0.3, -0.25) is 4.79 Å². The number of hydrogen-bond acceptors (Lipinski definition) is 3. The molecule has 0 aromatic rings. The van der Waals surface area contributed by atoms with Crippen LogP contribution >= 0.6 is 0 Å². The van der Waals surface area contributed by atoms with Crippen LogP contribution in [0.2, 0.25) is 0 Å². The van der Waals surface area contributed by atoms with Crippen LogP contribution in [-0.4, -0.2) is 18.6 Å². The van der Waals surface area contributed by atoms with E-state index in [0.717, 1.165) is 0 Å². The maximum Gasteiger partial charge on any atom is 0.323 e. The van der Waals surface area contributed by atoms with Crippen LogP contribution in [0.4, 0.5) is 0 Å². The SMILES string of the molecule is [CH2]CCOC(=O)[C@@H](N)C(C)C. The highest BCUT2D eigenvalue weighted by molar-refractivity contribution is 5.75. The Bertz CT molecular complexity index is 123. The number of ether oxygens (including phenoxy) is 1. The fraction of sp³-hybridized carbons (Fsp3) is 0.750. The van der Waals surface area contributed by atoms with Crippen molar-refractivity contribution in [2.45, 2.75) is 26.3 Å². The molecule has 0 unspecified atom stereocenters. The van der Waals surface area contributed by atoms with Crippen molar-refractivity contribution in [3.05, 3.63) is 6.92 Å². The predicted octanol–water partition coefficient (Wildman–Crippen LogP) is 0.737. The fourth-order valence-electron chi connectivity index (χ4n) is 0.541. The van der Waals surface area contributed by atoms with E-state index < -0.39 is 6.04 Å². The van der Waals surface area contributed by atoms with Crippen molar-refractivity contribution >= 4 is 5.97 Å². The van der Waals surface area contributed by atoms with E-state index in [2.05, 4.69) is 6.92 Å². The van der Waals surface area contributed by atoms with Gasteiger partial charge in [0.15, 0.2) is 0 Å².